The molecule has 0 spiro atoms. The lowest BCUT2D eigenvalue weighted by atomic mass is 9.73. The van der Waals surface area contributed by atoms with Crippen LogP contribution < -0.4 is 4.90 Å². The zero-order chi connectivity index (χ0) is 25.1. The summed E-state index contributed by atoms with van der Waals surface area (Å²) >= 11 is 6.36. The van der Waals surface area contributed by atoms with E-state index in [1.807, 2.05) is 37.3 Å². The summed E-state index contributed by atoms with van der Waals surface area (Å²) in [5.74, 6) is 0.0624. The van der Waals surface area contributed by atoms with Crippen LogP contribution in [0.15, 0.2) is 36.4 Å². The van der Waals surface area contributed by atoms with Crippen molar-refractivity contribution in [1.82, 2.24) is 24.6 Å². The molecule has 2 fully saturated rings. The molecule has 2 aliphatic heterocycles. The Labute approximate surface area is 213 Å². The molecule has 4 heterocycles. The lowest BCUT2D eigenvalue weighted by molar-refractivity contribution is -0.173. The van der Waals surface area contributed by atoms with Gasteiger partial charge in [-0.05, 0) is 55.7 Å². The van der Waals surface area contributed by atoms with E-state index in [4.69, 9.17) is 11.6 Å². The summed E-state index contributed by atoms with van der Waals surface area (Å²) in [6, 6.07) is 13.4. The lowest BCUT2D eigenvalue weighted by Gasteiger charge is -2.51. The van der Waals surface area contributed by atoms with Crippen LogP contribution in [0.4, 0.5) is 14.6 Å². The number of pyridine rings is 1. The maximum Gasteiger partial charge on any atom is 0.251 e. The third kappa shape index (κ3) is 4.02. The van der Waals surface area contributed by atoms with Crippen molar-refractivity contribution >= 4 is 17.4 Å². The molecule has 0 N–H and O–H groups in total. The van der Waals surface area contributed by atoms with E-state index in [1.54, 1.807) is 6.07 Å². The molecule has 1 saturated heterocycles. The van der Waals surface area contributed by atoms with Gasteiger partial charge < -0.3 is 4.90 Å². The van der Waals surface area contributed by atoms with Gasteiger partial charge in [0.15, 0.2) is 5.82 Å². The fourth-order valence-electron chi connectivity index (χ4n) is 5.99. The molecule has 1 aliphatic carbocycles. The van der Waals surface area contributed by atoms with Crippen molar-refractivity contribution in [2.24, 2.45) is 0 Å². The van der Waals surface area contributed by atoms with Crippen molar-refractivity contribution in [3.63, 3.8) is 0 Å². The number of hydrogen-bond acceptors (Lipinski definition) is 6. The molecule has 2 aromatic heterocycles. The topological polar surface area (TPSA) is 73.9 Å². The van der Waals surface area contributed by atoms with Crippen LogP contribution >= 0.6 is 11.6 Å². The summed E-state index contributed by atoms with van der Waals surface area (Å²) in [6.45, 7) is 4.48. The zero-order valence-electron chi connectivity index (χ0n) is 20.0. The minimum Gasteiger partial charge on any atom is -0.357 e. The highest BCUT2D eigenvalue weighted by atomic mass is 35.5. The van der Waals surface area contributed by atoms with Gasteiger partial charge in [-0.3, -0.25) is 9.47 Å². The van der Waals surface area contributed by atoms with Gasteiger partial charge in [-0.15, -0.1) is 10.2 Å². The third-order valence-corrected chi connectivity index (χ3v) is 8.04. The molecular weight excluding hydrogens is 484 g/mol. The van der Waals surface area contributed by atoms with E-state index in [2.05, 4.69) is 35.6 Å². The minimum atomic E-state index is -2.62. The maximum atomic E-state index is 13.9. The van der Waals surface area contributed by atoms with Crippen LogP contribution in [0.25, 0.3) is 5.69 Å². The average molecular weight is 510 g/mol. The highest BCUT2D eigenvalue weighted by Crippen LogP contribution is 2.50. The molecule has 10 heteroatoms. The Morgan fingerprint density at radius 1 is 1.08 bits per heavy atom. The quantitative estimate of drug-likeness (QED) is 0.490. The summed E-state index contributed by atoms with van der Waals surface area (Å²) in [4.78, 5) is 8.74. The van der Waals surface area contributed by atoms with Crippen LogP contribution in [-0.2, 0) is 13.1 Å². The first-order valence-electron chi connectivity index (χ1n) is 12.2. The highest BCUT2D eigenvalue weighted by molar-refractivity contribution is 6.30. The van der Waals surface area contributed by atoms with Gasteiger partial charge in [-0.2, -0.15) is 5.26 Å². The number of fused-ring (bicyclic) bond motifs is 3. The fraction of sp³-hybridized carbons (Fsp3) is 0.462. The van der Waals surface area contributed by atoms with Crippen molar-refractivity contribution in [3.8, 4) is 11.8 Å². The monoisotopic (exact) mass is 509 g/mol. The van der Waals surface area contributed by atoms with Crippen molar-refractivity contribution in [1.29, 1.82) is 5.26 Å². The second kappa shape index (κ2) is 8.49. The number of nitrogens with zero attached hydrogens (tertiary/aromatic N) is 7. The molecule has 0 amide bonds. The minimum absolute atomic E-state index is 0.156. The van der Waals surface area contributed by atoms with Crippen LogP contribution in [0.2, 0.25) is 5.02 Å². The van der Waals surface area contributed by atoms with Gasteiger partial charge >= 0.3 is 0 Å². The van der Waals surface area contributed by atoms with E-state index in [1.165, 1.54) is 0 Å². The molecule has 0 atom stereocenters. The average Bonchev–Trinajstić information content (AvgIpc) is 3.18. The van der Waals surface area contributed by atoms with E-state index >= 15 is 0 Å². The van der Waals surface area contributed by atoms with E-state index in [-0.39, 0.29) is 18.8 Å². The van der Waals surface area contributed by atoms with Crippen molar-refractivity contribution in [2.45, 2.75) is 63.1 Å². The summed E-state index contributed by atoms with van der Waals surface area (Å²) in [5.41, 5.74) is 1.78. The van der Waals surface area contributed by atoms with Gasteiger partial charge in [0, 0.05) is 49.0 Å². The normalized spacial score (nSPS) is 21.1. The number of nitriles is 1. The van der Waals surface area contributed by atoms with Crippen molar-refractivity contribution < 1.29 is 8.78 Å². The Balaban J connectivity index is 1.30. The Hall–Kier alpha value is -3.09. The maximum absolute atomic E-state index is 13.9. The molecule has 186 valence electrons. The molecule has 7 nitrogen and oxygen atoms in total. The van der Waals surface area contributed by atoms with Crippen LogP contribution in [-0.4, -0.2) is 49.2 Å². The van der Waals surface area contributed by atoms with Crippen LogP contribution in [0.1, 0.15) is 61.4 Å². The predicted octanol–water partition coefficient (Wildman–Crippen LogP) is 5.07. The first-order chi connectivity index (χ1) is 17.2. The Morgan fingerprint density at radius 3 is 2.58 bits per heavy atom. The van der Waals surface area contributed by atoms with Gasteiger partial charge in [0.25, 0.3) is 5.92 Å². The number of anilines is 1. The summed E-state index contributed by atoms with van der Waals surface area (Å²) in [6.07, 6.45) is 1.42. The molecular formula is C26H26ClF2N7. The molecule has 3 aliphatic rings. The number of hydrogen-bond donors (Lipinski definition) is 0. The predicted molar refractivity (Wildman–Crippen MR) is 131 cm³/mol. The lowest BCUT2D eigenvalue weighted by Crippen LogP contribution is -2.59. The van der Waals surface area contributed by atoms with E-state index in [9.17, 15) is 14.0 Å². The molecule has 1 saturated carbocycles. The highest BCUT2D eigenvalue weighted by Gasteiger charge is 2.57. The number of halogens is 3. The smallest absolute Gasteiger partial charge is 0.251 e. The molecule has 36 heavy (non-hydrogen) atoms. The SMILES string of the molecule is CC1(N2Cc3cc(Cl)ccc3-n3c(nnc3C3CCN(c4cccc(C#N)n4)CC3)C2)CC(F)(F)C1. The Morgan fingerprint density at radius 2 is 1.86 bits per heavy atom. The summed E-state index contributed by atoms with van der Waals surface area (Å²) < 4.78 is 29.9. The van der Waals surface area contributed by atoms with Gasteiger partial charge in [0.1, 0.15) is 23.4 Å². The van der Waals surface area contributed by atoms with Gasteiger partial charge in [0.05, 0.1) is 12.2 Å². The number of piperidine rings is 1. The second-order valence-electron chi connectivity index (χ2n) is 10.4. The second-order valence-corrected chi connectivity index (χ2v) is 10.8. The summed E-state index contributed by atoms with van der Waals surface area (Å²) in [7, 11) is 0. The standard InChI is InChI=1S/C26H26ClF2N7/c1-25(15-26(28,29)16-25)35-13-18-11-19(27)5-6-21(18)36-23(14-35)32-33-24(36)17-7-9-34(10-8-17)22-4-2-3-20(12-30)31-22/h2-6,11,17H,7-10,13-16H2,1H3. The number of alkyl halides is 2. The van der Waals surface area contributed by atoms with Crippen molar-refractivity contribution in [3.05, 3.63) is 64.3 Å². The van der Waals surface area contributed by atoms with Gasteiger partial charge in [-0.1, -0.05) is 17.7 Å². The zero-order valence-corrected chi connectivity index (χ0v) is 20.7. The Kier molecular flexibility index (Phi) is 5.50. The largest absolute Gasteiger partial charge is 0.357 e. The number of rotatable bonds is 3. The number of aromatic nitrogens is 4. The summed E-state index contributed by atoms with van der Waals surface area (Å²) in [5, 5.41) is 19.0. The van der Waals surface area contributed by atoms with Crippen LogP contribution in [0, 0.1) is 11.3 Å². The molecule has 0 unspecified atom stereocenters. The molecule has 3 aromatic rings. The van der Waals surface area contributed by atoms with Gasteiger partial charge in [0.2, 0.25) is 0 Å². The first-order valence-corrected chi connectivity index (χ1v) is 12.6. The first kappa shape index (κ1) is 23.3. The van der Waals surface area contributed by atoms with Crippen LogP contribution in [0.5, 0.6) is 0 Å². The molecule has 0 bridgehead atoms. The molecule has 0 radical (unpaired) electrons. The Bertz CT molecular complexity index is 1350. The fourth-order valence-corrected chi connectivity index (χ4v) is 6.18. The van der Waals surface area contributed by atoms with E-state index < -0.39 is 11.5 Å². The molecule has 1 aromatic carbocycles. The van der Waals surface area contributed by atoms with Crippen LogP contribution in [0.3, 0.4) is 0 Å². The van der Waals surface area contributed by atoms with E-state index in [0.717, 1.165) is 54.6 Å². The third-order valence-electron chi connectivity index (χ3n) is 7.81. The van der Waals surface area contributed by atoms with E-state index in [0.29, 0.717) is 23.8 Å². The van der Waals surface area contributed by atoms with Gasteiger partial charge in [-0.25, -0.2) is 13.8 Å². The molecule has 6 rings (SSSR count). The number of benzene rings is 1. The van der Waals surface area contributed by atoms with Crippen molar-refractivity contribution in [2.75, 3.05) is 18.0 Å².